The molecule has 0 unspecified atom stereocenters. The van der Waals surface area contributed by atoms with E-state index in [1.807, 2.05) is 66.7 Å². The Labute approximate surface area is 146 Å². The van der Waals surface area contributed by atoms with E-state index in [4.69, 9.17) is 4.74 Å². The summed E-state index contributed by atoms with van der Waals surface area (Å²) in [5, 5.41) is 3.17. The lowest BCUT2D eigenvalue weighted by atomic mass is 9.96. The standard InChI is InChI=1S/C21H18N2O2/c24-21(18-14-25-19-11-5-4-10-17(18)19)23-20(15-7-2-1-3-8-15)16-9-6-12-22-13-16/h1-13,18,20H,14H2,(H,23,24)/t18-,20+/m1/s1. The molecule has 1 aliphatic rings. The number of hydrogen-bond donors (Lipinski definition) is 1. The molecule has 25 heavy (non-hydrogen) atoms. The van der Waals surface area contributed by atoms with Gasteiger partial charge in [-0.15, -0.1) is 0 Å². The van der Waals surface area contributed by atoms with Crippen LogP contribution < -0.4 is 10.1 Å². The van der Waals surface area contributed by atoms with E-state index in [-0.39, 0.29) is 17.9 Å². The van der Waals surface area contributed by atoms with Crippen LogP contribution in [0.25, 0.3) is 0 Å². The summed E-state index contributed by atoms with van der Waals surface area (Å²) in [5.74, 6) is 0.460. The number of carbonyl (C=O) groups is 1. The first-order valence-electron chi connectivity index (χ1n) is 8.30. The molecule has 0 saturated heterocycles. The number of rotatable bonds is 4. The van der Waals surface area contributed by atoms with Crippen LogP contribution in [0.2, 0.25) is 0 Å². The van der Waals surface area contributed by atoms with Crippen LogP contribution in [0.1, 0.15) is 28.7 Å². The van der Waals surface area contributed by atoms with Crippen molar-refractivity contribution in [2.45, 2.75) is 12.0 Å². The van der Waals surface area contributed by atoms with Crippen LogP contribution in [0.3, 0.4) is 0 Å². The van der Waals surface area contributed by atoms with Crippen LogP contribution in [0.5, 0.6) is 5.75 Å². The molecule has 1 N–H and O–H groups in total. The van der Waals surface area contributed by atoms with Gasteiger partial charge in [-0.1, -0.05) is 54.6 Å². The first-order chi connectivity index (χ1) is 12.3. The molecule has 4 rings (SSSR count). The van der Waals surface area contributed by atoms with Crippen LogP contribution in [0, 0.1) is 0 Å². The molecular weight excluding hydrogens is 312 g/mol. The van der Waals surface area contributed by atoms with Crippen LogP contribution in [0.4, 0.5) is 0 Å². The highest BCUT2D eigenvalue weighted by Crippen LogP contribution is 2.34. The minimum atomic E-state index is -0.293. The molecular formula is C21H18N2O2. The molecule has 3 aromatic rings. The Bertz CT molecular complexity index is 826. The first-order valence-corrected chi connectivity index (χ1v) is 8.30. The van der Waals surface area contributed by atoms with Crippen molar-refractivity contribution in [2.75, 3.05) is 6.61 Å². The number of amides is 1. The van der Waals surface area contributed by atoms with Gasteiger partial charge in [-0.2, -0.15) is 0 Å². The van der Waals surface area contributed by atoms with Crippen molar-refractivity contribution in [3.63, 3.8) is 0 Å². The third kappa shape index (κ3) is 3.11. The van der Waals surface area contributed by atoms with Gasteiger partial charge in [-0.05, 0) is 23.3 Å². The maximum Gasteiger partial charge on any atom is 0.231 e. The van der Waals surface area contributed by atoms with E-state index in [9.17, 15) is 4.79 Å². The second-order valence-corrected chi connectivity index (χ2v) is 6.04. The summed E-state index contributed by atoms with van der Waals surface area (Å²) >= 11 is 0. The lowest BCUT2D eigenvalue weighted by Gasteiger charge is -2.21. The van der Waals surface area contributed by atoms with E-state index in [1.165, 1.54) is 0 Å². The summed E-state index contributed by atoms with van der Waals surface area (Å²) < 4.78 is 5.65. The van der Waals surface area contributed by atoms with E-state index >= 15 is 0 Å². The number of nitrogens with one attached hydrogen (secondary N) is 1. The summed E-state index contributed by atoms with van der Waals surface area (Å²) in [6, 6.07) is 21.3. The second kappa shape index (κ2) is 6.77. The van der Waals surface area contributed by atoms with Crippen molar-refractivity contribution in [1.29, 1.82) is 0 Å². The number of ether oxygens (including phenoxy) is 1. The van der Waals surface area contributed by atoms with Crippen LogP contribution >= 0.6 is 0 Å². The molecule has 0 aliphatic carbocycles. The molecule has 0 fully saturated rings. The third-order valence-corrected chi connectivity index (χ3v) is 4.45. The second-order valence-electron chi connectivity index (χ2n) is 6.04. The first kappa shape index (κ1) is 15.4. The van der Waals surface area contributed by atoms with Gasteiger partial charge in [-0.25, -0.2) is 0 Å². The number of para-hydroxylation sites is 1. The summed E-state index contributed by atoms with van der Waals surface area (Å²) in [6.45, 7) is 0.375. The van der Waals surface area contributed by atoms with Crippen LogP contribution in [-0.4, -0.2) is 17.5 Å². The van der Waals surface area contributed by atoms with E-state index in [1.54, 1.807) is 12.4 Å². The number of pyridine rings is 1. The van der Waals surface area contributed by atoms with Crippen molar-refractivity contribution < 1.29 is 9.53 Å². The van der Waals surface area contributed by atoms with E-state index in [2.05, 4.69) is 10.3 Å². The van der Waals surface area contributed by atoms with Crippen molar-refractivity contribution >= 4 is 5.91 Å². The van der Waals surface area contributed by atoms with Gasteiger partial charge in [0.05, 0.1) is 6.04 Å². The van der Waals surface area contributed by atoms with Crippen LogP contribution in [0.15, 0.2) is 79.1 Å². The maximum absolute atomic E-state index is 13.0. The Morgan fingerprint density at radius 3 is 2.56 bits per heavy atom. The van der Waals surface area contributed by atoms with E-state index in [0.717, 1.165) is 22.4 Å². The van der Waals surface area contributed by atoms with Gasteiger partial charge in [-0.3, -0.25) is 9.78 Å². The van der Waals surface area contributed by atoms with Crippen molar-refractivity contribution in [2.24, 2.45) is 0 Å². The molecule has 4 heteroatoms. The van der Waals surface area contributed by atoms with Gasteiger partial charge in [0, 0.05) is 18.0 Å². The number of fused-ring (bicyclic) bond motifs is 1. The summed E-state index contributed by atoms with van der Waals surface area (Å²) in [4.78, 5) is 17.1. The Balaban J connectivity index is 1.62. The predicted molar refractivity (Wildman–Crippen MR) is 95.3 cm³/mol. The smallest absolute Gasteiger partial charge is 0.231 e. The molecule has 124 valence electrons. The number of nitrogens with zero attached hydrogens (tertiary/aromatic N) is 1. The zero-order chi connectivity index (χ0) is 17.1. The molecule has 1 aromatic heterocycles. The maximum atomic E-state index is 13.0. The SMILES string of the molecule is O=C(N[C@@H](c1ccccc1)c1cccnc1)[C@@H]1COc2ccccc21. The average molecular weight is 330 g/mol. The Morgan fingerprint density at radius 2 is 1.76 bits per heavy atom. The zero-order valence-electron chi connectivity index (χ0n) is 13.6. The minimum Gasteiger partial charge on any atom is -0.492 e. The molecule has 0 saturated carbocycles. The lowest BCUT2D eigenvalue weighted by Crippen LogP contribution is -2.34. The van der Waals surface area contributed by atoms with Crippen molar-refractivity contribution in [3.05, 3.63) is 95.8 Å². The highest BCUT2D eigenvalue weighted by Gasteiger charge is 2.31. The van der Waals surface area contributed by atoms with Gasteiger partial charge >= 0.3 is 0 Å². The van der Waals surface area contributed by atoms with Crippen molar-refractivity contribution in [1.82, 2.24) is 10.3 Å². The number of hydrogen-bond acceptors (Lipinski definition) is 3. The molecule has 0 bridgehead atoms. The number of carbonyl (C=O) groups excluding carboxylic acids is 1. The van der Waals surface area contributed by atoms with Crippen LogP contribution in [-0.2, 0) is 4.79 Å². The molecule has 1 aliphatic heterocycles. The molecule has 2 aromatic carbocycles. The fourth-order valence-electron chi connectivity index (χ4n) is 3.17. The molecule has 0 spiro atoms. The molecule has 1 amide bonds. The largest absolute Gasteiger partial charge is 0.492 e. The quantitative estimate of drug-likeness (QED) is 0.797. The minimum absolute atomic E-state index is 0.0392. The van der Waals surface area contributed by atoms with Crippen molar-refractivity contribution in [3.8, 4) is 5.75 Å². The topological polar surface area (TPSA) is 51.2 Å². The predicted octanol–water partition coefficient (Wildman–Crippen LogP) is 3.46. The van der Waals surface area contributed by atoms with Gasteiger partial charge in [0.2, 0.25) is 5.91 Å². The molecule has 2 heterocycles. The monoisotopic (exact) mass is 330 g/mol. The zero-order valence-corrected chi connectivity index (χ0v) is 13.6. The number of benzene rings is 2. The van der Waals surface area contributed by atoms with Gasteiger partial charge in [0.1, 0.15) is 18.3 Å². The summed E-state index contributed by atoms with van der Waals surface area (Å²) in [7, 11) is 0. The Morgan fingerprint density at radius 1 is 1.00 bits per heavy atom. The van der Waals surface area contributed by atoms with Gasteiger partial charge < -0.3 is 10.1 Å². The van der Waals surface area contributed by atoms with Gasteiger partial charge in [0.15, 0.2) is 0 Å². The number of aromatic nitrogens is 1. The molecule has 0 radical (unpaired) electrons. The fraction of sp³-hybridized carbons (Fsp3) is 0.143. The average Bonchev–Trinajstić information content (AvgIpc) is 3.11. The normalized spacial score (nSPS) is 16.6. The molecule has 2 atom stereocenters. The summed E-state index contributed by atoms with van der Waals surface area (Å²) in [5.41, 5.74) is 2.92. The third-order valence-electron chi connectivity index (χ3n) is 4.45. The van der Waals surface area contributed by atoms with E-state index < -0.39 is 0 Å². The van der Waals surface area contributed by atoms with E-state index in [0.29, 0.717) is 6.61 Å². The highest BCUT2D eigenvalue weighted by atomic mass is 16.5. The fourth-order valence-corrected chi connectivity index (χ4v) is 3.17. The Kier molecular flexibility index (Phi) is 4.17. The van der Waals surface area contributed by atoms with Gasteiger partial charge in [0.25, 0.3) is 0 Å². The molecule has 4 nitrogen and oxygen atoms in total. The Hall–Kier alpha value is -3.14. The lowest BCUT2D eigenvalue weighted by molar-refractivity contribution is -0.123. The highest BCUT2D eigenvalue weighted by molar-refractivity contribution is 5.86. The summed E-state index contributed by atoms with van der Waals surface area (Å²) in [6.07, 6.45) is 3.52.